The third kappa shape index (κ3) is 4.58. The lowest BCUT2D eigenvalue weighted by Gasteiger charge is -2.25. The van der Waals surface area contributed by atoms with Gasteiger partial charge in [0.15, 0.2) is 0 Å². The second-order valence-corrected chi connectivity index (χ2v) is 4.91. The van der Waals surface area contributed by atoms with Gasteiger partial charge in [0.1, 0.15) is 5.75 Å². The highest BCUT2D eigenvalue weighted by atomic mass is 16.5. The van der Waals surface area contributed by atoms with Gasteiger partial charge < -0.3 is 9.64 Å². The standard InChI is InChI=1S/C16H25NO2/c1-5-6-7-8-16(18)17(3)13(2)14-9-11-15(19-4)12-10-14/h9-13H,5-8H2,1-4H3. The maximum absolute atomic E-state index is 12.1. The lowest BCUT2D eigenvalue weighted by Crippen LogP contribution is -2.29. The van der Waals surface area contributed by atoms with Crippen molar-refractivity contribution < 1.29 is 9.53 Å². The highest BCUT2D eigenvalue weighted by Crippen LogP contribution is 2.22. The van der Waals surface area contributed by atoms with Gasteiger partial charge in [-0.3, -0.25) is 4.79 Å². The number of nitrogens with zero attached hydrogens (tertiary/aromatic N) is 1. The minimum Gasteiger partial charge on any atom is -0.497 e. The molecule has 0 aromatic heterocycles. The van der Waals surface area contributed by atoms with Crippen molar-refractivity contribution >= 4 is 5.91 Å². The van der Waals surface area contributed by atoms with E-state index in [4.69, 9.17) is 4.74 Å². The van der Waals surface area contributed by atoms with Crippen LogP contribution >= 0.6 is 0 Å². The summed E-state index contributed by atoms with van der Waals surface area (Å²) < 4.78 is 5.14. The van der Waals surface area contributed by atoms with Crippen molar-refractivity contribution in [2.75, 3.05) is 14.2 Å². The number of methoxy groups -OCH3 is 1. The summed E-state index contributed by atoms with van der Waals surface area (Å²) in [4.78, 5) is 13.9. The summed E-state index contributed by atoms with van der Waals surface area (Å²) in [5, 5.41) is 0. The molecular formula is C16H25NO2. The van der Waals surface area contributed by atoms with Crippen LogP contribution in [0.4, 0.5) is 0 Å². The summed E-state index contributed by atoms with van der Waals surface area (Å²) in [5.74, 6) is 1.06. The predicted molar refractivity (Wildman–Crippen MR) is 78.3 cm³/mol. The Morgan fingerprint density at radius 2 is 1.89 bits per heavy atom. The molecule has 0 radical (unpaired) electrons. The molecule has 0 N–H and O–H groups in total. The quantitative estimate of drug-likeness (QED) is 0.700. The lowest BCUT2D eigenvalue weighted by atomic mass is 10.1. The van der Waals surface area contributed by atoms with Gasteiger partial charge in [-0.1, -0.05) is 31.9 Å². The van der Waals surface area contributed by atoms with E-state index in [9.17, 15) is 4.79 Å². The highest BCUT2D eigenvalue weighted by molar-refractivity contribution is 5.76. The smallest absolute Gasteiger partial charge is 0.222 e. The third-order valence-electron chi connectivity index (χ3n) is 3.57. The first kappa shape index (κ1) is 15.5. The average Bonchev–Trinajstić information content (AvgIpc) is 2.46. The van der Waals surface area contributed by atoms with E-state index in [1.807, 2.05) is 36.2 Å². The topological polar surface area (TPSA) is 29.5 Å². The minimum absolute atomic E-state index is 0.0973. The Hall–Kier alpha value is -1.51. The van der Waals surface area contributed by atoms with Gasteiger partial charge in [0.25, 0.3) is 0 Å². The number of rotatable bonds is 7. The van der Waals surface area contributed by atoms with Crippen molar-refractivity contribution in [3.63, 3.8) is 0 Å². The van der Waals surface area contributed by atoms with Crippen LogP contribution < -0.4 is 4.74 Å². The molecule has 1 atom stereocenters. The molecule has 0 spiro atoms. The number of ether oxygens (including phenoxy) is 1. The van der Waals surface area contributed by atoms with E-state index in [2.05, 4.69) is 13.8 Å². The Morgan fingerprint density at radius 1 is 1.26 bits per heavy atom. The van der Waals surface area contributed by atoms with E-state index in [0.717, 1.165) is 30.6 Å². The number of hydrogen-bond donors (Lipinski definition) is 0. The van der Waals surface area contributed by atoms with Crippen LogP contribution in [0.5, 0.6) is 5.75 Å². The summed E-state index contributed by atoms with van der Waals surface area (Å²) in [6.45, 7) is 4.20. The number of unbranched alkanes of at least 4 members (excludes halogenated alkanes) is 2. The Balaban J connectivity index is 2.59. The first-order valence-electron chi connectivity index (χ1n) is 6.99. The van der Waals surface area contributed by atoms with Crippen molar-refractivity contribution in [3.05, 3.63) is 29.8 Å². The molecule has 0 aliphatic carbocycles. The van der Waals surface area contributed by atoms with Crippen LogP contribution in [0.15, 0.2) is 24.3 Å². The van der Waals surface area contributed by atoms with Crippen LogP contribution in [-0.4, -0.2) is 25.0 Å². The molecule has 0 aliphatic heterocycles. The maximum atomic E-state index is 12.1. The predicted octanol–water partition coefficient (Wildman–Crippen LogP) is 3.79. The monoisotopic (exact) mass is 263 g/mol. The van der Waals surface area contributed by atoms with E-state index >= 15 is 0 Å². The van der Waals surface area contributed by atoms with Gasteiger partial charge in [0.2, 0.25) is 5.91 Å². The fourth-order valence-electron chi connectivity index (χ4n) is 2.02. The molecule has 106 valence electrons. The number of benzene rings is 1. The molecule has 3 heteroatoms. The molecule has 1 unspecified atom stereocenters. The second-order valence-electron chi connectivity index (χ2n) is 4.91. The number of hydrogen-bond acceptors (Lipinski definition) is 2. The van der Waals surface area contributed by atoms with Crippen LogP contribution in [0.2, 0.25) is 0 Å². The normalized spacial score (nSPS) is 12.0. The van der Waals surface area contributed by atoms with Crippen LogP contribution in [0.1, 0.15) is 51.1 Å². The molecule has 1 amide bonds. The molecule has 0 saturated carbocycles. The van der Waals surface area contributed by atoms with Gasteiger partial charge in [0, 0.05) is 13.5 Å². The Bertz CT molecular complexity index is 386. The van der Waals surface area contributed by atoms with Crippen molar-refractivity contribution in [1.82, 2.24) is 4.90 Å². The van der Waals surface area contributed by atoms with E-state index in [-0.39, 0.29) is 11.9 Å². The van der Waals surface area contributed by atoms with Gasteiger partial charge >= 0.3 is 0 Å². The maximum Gasteiger partial charge on any atom is 0.222 e. The fourth-order valence-corrected chi connectivity index (χ4v) is 2.02. The van der Waals surface area contributed by atoms with E-state index < -0.39 is 0 Å². The largest absolute Gasteiger partial charge is 0.497 e. The SMILES string of the molecule is CCCCCC(=O)N(C)C(C)c1ccc(OC)cc1. The first-order valence-corrected chi connectivity index (χ1v) is 6.99. The fraction of sp³-hybridized carbons (Fsp3) is 0.562. The molecular weight excluding hydrogens is 238 g/mol. The van der Waals surface area contributed by atoms with E-state index in [0.29, 0.717) is 6.42 Å². The van der Waals surface area contributed by atoms with Crippen molar-refractivity contribution in [3.8, 4) is 5.75 Å². The molecule has 0 aliphatic rings. The Morgan fingerprint density at radius 3 is 2.42 bits per heavy atom. The number of carbonyl (C=O) groups is 1. The zero-order chi connectivity index (χ0) is 14.3. The molecule has 0 heterocycles. The minimum atomic E-state index is 0.0973. The van der Waals surface area contributed by atoms with E-state index in [1.165, 1.54) is 0 Å². The molecule has 3 nitrogen and oxygen atoms in total. The molecule has 1 rings (SSSR count). The third-order valence-corrected chi connectivity index (χ3v) is 3.57. The van der Waals surface area contributed by atoms with Crippen molar-refractivity contribution in [1.29, 1.82) is 0 Å². The summed E-state index contributed by atoms with van der Waals surface area (Å²) in [7, 11) is 3.53. The Labute approximate surface area is 116 Å². The number of amides is 1. The molecule has 19 heavy (non-hydrogen) atoms. The van der Waals surface area contributed by atoms with Crippen LogP contribution in [-0.2, 0) is 4.79 Å². The summed E-state index contributed by atoms with van der Waals surface area (Å²) in [5.41, 5.74) is 1.13. The average molecular weight is 263 g/mol. The van der Waals surface area contributed by atoms with Gasteiger partial charge in [-0.25, -0.2) is 0 Å². The lowest BCUT2D eigenvalue weighted by molar-refractivity contribution is -0.131. The second kappa shape index (κ2) is 7.82. The van der Waals surface area contributed by atoms with Gasteiger partial charge in [-0.15, -0.1) is 0 Å². The molecule has 0 bridgehead atoms. The highest BCUT2D eigenvalue weighted by Gasteiger charge is 2.16. The molecule has 0 saturated heterocycles. The summed E-state index contributed by atoms with van der Waals surface area (Å²) in [6, 6.07) is 7.99. The van der Waals surface area contributed by atoms with Crippen molar-refractivity contribution in [2.24, 2.45) is 0 Å². The zero-order valence-electron chi connectivity index (χ0n) is 12.5. The van der Waals surface area contributed by atoms with Crippen molar-refractivity contribution in [2.45, 2.75) is 45.6 Å². The molecule has 1 aromatic carbocycles. The molecule has 1 aromatic rings. The van der Waals surface area contributed by atoms with Crippen LogP contribution in [0.25, 0.3) is 0 Å². The van der Waals surface area contributed by atoms with Gasteiger partial charge in [-0.2, -0.15) is 0 Å². The van der Waals surface area contributed by atoms with E-state index in [1.54, 1.807) is 7.11 Å². The van der Waals surface area contributed by atoms with Crippen LogP contribution in [0.3, 0.4) is 0 Å². The summed E-state index contributed by atoms with van der Waals surface area (Å²) in [6.07, 6.45) is 3.89. The zero-order valence-corrected chi connectivity index (χ0v) is 12.5. The molecule has 0 fully saturated rings. The van der Waals surface area contributed by atoms with Gasteiger partial charge in [0.05, 0.1) is 13.2 Å². The first-order chi connectivity index (χ1) is 9.10. The summed E-state index contributed by atoms with van der Waals surface area (Å²) >= 11 is 0. The van der Waals surface area contributed by atoms with Gasteiger partial charge in [-0.05, 0) is 31.0 Å². The van der Waals surface area contributed by atoms with Crippen LogP contribution in [0, 0.1) is 0 Å². The Kier molecular flexibility index (Phi) is 6.40. The number of carbonyl (C=O) groups excluding carboxylic acids is 1.